The Morgan fingerprint density at radius 3 is 2.64 bits per heavy atom. The molecule has 0 radical (unpaired) electrons. The van der Waals surface area contributed by atoms with Gasteiger partial charge in [-0.1, -0.05) is 0 Å². The lowest BCUT2D eigenvalue weighted by Gasteiger charge is -2.26. The number of aromatic nitrogens is 4. The molecular weight excluding hydrogens is 459 g/mol. The Bertz CT molecular complexity index is 1700. The number of rotatable bonds is 3. The molecule has 9 heteroatoms. The Morgan fingerprint density at radius 1 is 1.08 bits per heavy atom. The number of aromatic amines is 1. The molecule has 0 saturated carbocycles. The molecule has 36 heavy (non-hydrogen) atoms. The third kappa shape index (κ3) is 3.52. The summed E-state index contributed by atoms with van der Waals surface area (Å²) < 4.78 is 15.5. The van der Waals surface area contributed by atoms with Gasteiger partial charge in [-0.3, -0.25) is 14.6 Å². The minimum absolute atomic E-state index is 0.179. The van der Waals surface area contributed by atoms with Crippen LogP contribution in [0.4, 0.5) is 21.5 Å². The highest BCUT2D eigenvalue weighted by Gasteiger charge is 2.26. The van der Waals surface area contributed by atoms with E-state index in [-0.39, 0.29) is 23.0 Å². The number of hydrogen-bond acceptors (Lipinski definition) is 5. The second kappa shape index (κ2) is 8.16. The predicted octanol–water partition coefficient (Wildman–Crippen LogP) is 4.68. The summed E-state index contributed by atoms with van der Waals surface area (Å²) in [4.78, 5) is 38.7. The number of amides is 1. The monoisotopic (exact) mass is 480 g/mol. The molecule has 178 valence electrons. The van der Waals surface area contributed by atoms with Crippen molar-refractivity contribution in [3.8, 4) is 11.1 Å². The quantitative estimate of drug-likeness (QED) is 0.391. The molecule has 2 N–H and O–H groups in total. The number of nitrogens with zero attached hydrogens (tertiary/aromatic N) is 4. The first-order valence-electron chi connectivity index (χ1n) is 11.4. The van der Waals surface area contributed by atoms with Crippen molar-refractivity contribution in [2.24, 2.45) is 7.05 Å². The molecule has 5 aromatic rings. The third-order valence-electron chi connectivity index (χ3n) is 6.41. The largest absolute Gasteiger partial charge is 0.345 e. The average Bonchev–Trinajstić information content (AvgIpc) is 3.16. The van der Waals surface area contributed by atoms with Gasteiger partial charge in [0.15, 0.2) is 0 Å². The van der Waals surface area contributed by atoms with Gasteiger partial charge in [-0.25, -0.2) is 9.37 Å². The van der Waals surface area contributed by atoms with Crippen molar-refractivity contribution in [1.82, 2.24) is 19.5 Å². The molecule has 1 amide bonds. The Kier molecular flexibility index (Phi) is 4.92. The van der Waals surface area contributed by atoms with Gasteiger partial charge in [0.05, 0.1) is 18.4 Å². The van der Waals surface area contributed by atoms with Gasteiger partial charge in [-0.2, -0.15) is 0 Å². The number of H-pyrrole nitrogens is 1. The van der Waals surface area contributed by atoms with Crippen LogP contribution >= 0.6 is 0 Å². The van der Waals surface area contributed by atoms with E-state index >= 15 is 0 Å². The lowest BCUT2D eigenvalue weighted by Crippen LogP contribution is -2.18. The van der Waals surface area contributed by atoms with Gasteiger partial charge in [0.2, 0.25) is 0 Å². The fourth-order valence-corrected chi connectivity index (χ4v) is 4.72. The van der Waals surface area contributed by atoms with E-state index in [0.29, 0.717) is 17.7 Å². The highest BCUT2D eigenvalue weighted by Crippen LogP contribution is 2.44. The fourth-order valence-electron chi connectivity index (χ4n) is 4.72. The molecule has 1 aliphatic rings. The number of carbonyl (C=O) groups is 1. The van der Waals surface area contributed by atoms with E-state index in [2.05, 4.69) is 25.2 Å². The summed E-state index contributed by atoms with van der Waals surface area (Å²) in [5.41, 5.74) is 6.21. The summed E-state index contributed by atoms with van der Waals surface area (Å²) in [6, 6.07) is 11.9. The summed E-state index contributed by atoms with van der Waals surface area (Å²) in [5.74, 6) is -0.692. The molecule has 0 aliphatic carbocycles. The van der Waals surface area contributed by atoms with Crippen molar-refractivity contribution in [2.45, 2.75) is 13.5 Å². The Morgan fingerprint density at radius 2 is 1.89 bits per heavy atom. The average molecular weight is 481 g/mol. The van der Waals surface area contributed by atoms with Gasteiger partial charge in [-0.15, -0.1) is 0 Å². The Balaban J connectivity index is 1.52. The molecule has 3 aromatic heterocycles. The minimum Gasteiger partial charge on any atom is -0.345 e. The number of halogens is 1. The maximum absolute atomic E-state index is 13.7. The predicted molar refractivity (Wildman–Crippen MR) is 136 cm³/mol. The number of aryl methyl sites for hydroxylation is 2. The number of pyridine rings is 1. The van der Waals surface area contributed by atoms with E-state index in [1.165, 1.54) is 18.3 Å². The molecular formula is C27H21FN6O2. The summed E-state index contributed by atoms with van der Waals surface area (Å²) in [6.45, 7) is 2.27. The normalized spacial score (nSPS) is 12.4. The van der Waals surface area contributed by atoms with Crippen molar-refractivity contribution in [2.75, 3.05) is 10.2 Å². The van der Waals surface area contributed by atoms with E-state index in [1.54, 1.807) is 31.5 Å². The van der Waals surface area contributed by atoms with Crippen LogP contribution in [0.5, 0.6) is 0 Å². The Hall–Kier alpha value is -4.79. The summed E-state index contributed by atoms with van der Waals surface area (Å²) in [7, 11) is 1.84. The Labute approximate surface area is 205 Å². The lowest BCUT2D eigenvalue weighted by atomic mass is 10.0. The van der Waals surface area contributed by atoms with Gasteiger partial charge >= 0.3 is 0 Å². The standard InChI is InChI=1S/C27H21FN6O2/c1-15-10-30-22(12-29-15)26(35)32-18-5-8-23-20(9-18)21-14-33(2)25-24(21)16(11-31-27(25)36)13-34(23)19-6-3-17(28)4-7-19/h3-12,14H,13H2,1-2H3,(H,31,36)(H,32,35). The van der Waals surface area contributed by atoms with Crippen molar-refractivity contribution in [3.63, 3.8) is 0 Å². The first-order chi connectivity index (χ1) is 17.4. The molecule has 4 heterocycles. The molecule has 0 spiro atoms. The molecule has 0 saturated heterocycles. The van der Waals surface area contributed by atoms with E-state index in [1.807, 2.05) is 36.0 Å². The zero-order valence-corrected chi connectivity index (χ0v) is 19.5. The number of carbonyl (C=O) groups excluding carboxylic acids is 1. The van der Waals surface area contributed by atoms with E-state index in [9.17, 15) is 14.0 Å². The molecule has 0 unspecified atom stereocenters. The smallest absolute Gasteiger partial charge is 0.275 e. The summed E-state index contributed by atoms with van der Waals surface area (Å²) in [5, 5.41) is 3.75. The van der Waals surface area contributed by atoms with Crippen molar-refractivity contribution in [1.29, 1.82) is 0 Å². The molecule has 6 rings (SSSR count). The highest BCUT2D eigenvalue weighted by molar-refractivity contribution is 6.06. The number of anilines is 3. The fraction of sp³-hybridized carbons (Fsp3) is 0.111. The minimum atomic E-state index is -0.374. The van der Waals surface area contributed by atoms with Crippen LogP contribution in [0, 0.1) is 12.7 Å². The summed E-state index contributed by atoms with van der Waals surface area (Å²) in [6.07, 6.45) is 6.64. The number of hydrogen-bond donors (Lipinski definition) is 2. The van der Waals surface area contributed by atoms with E-state index < -0.39 is 0 Å². The highest BCUT2D eigenvalue weighted by atomic mass is 19.1. The molecule has 8 nitrogen and oxygen atoms in total. The van der Waals surface area contributed by atoms with Gasteiger partial charge in [-0.05, 0) is 55.0 Å². The van der Waals surface area contributed by atoms with Crippen LogP contribution in [0.3, 0.4) is 0 Å². The van der Waals surface area contributed by atoms with Gasteiger partial charge in [0.1, 0.15) is 17.0 Å². The maximum Gasteiger partial charge on any atom is 0.275 e. The lowest BCUT2D eigenvalue weighted by molar-refractivity contribution is 0.102. The second-order valence-corrected chi connectivity index (χ2v) is 8.81. The summed E-state index contributed by atoms with van der Waals surface area (Å²) >= 11 is 0. The van der Waals surface area contributed by atoms with Crippen LogP contribution < -0.4 is 15.8 Å². The van der Waals surface area contributed by atoms with Crippen LogP contribution in [0.25, 0.3) is 22.0 Å². The van der Waals surface area contributed by atoms with Crippen LogP contribution in [-0.4, -0.2) is 25.4 Å². The maximum atomic E-state index is 13.7. The number of fused-ring (bicyclic) bond motifs is 2. The zero-order chi connectivity index (χ0) is 25.0. The number of benzene rings is 2. The van der Waals surface area contributed by atoms with Gasteiger partial charge in [0, 0.05) is 59.2 Å². The molecule has 2 aromatic carbocycles. The second-order valence-electron chi connectivity index (χ2n) is 8.81. The van der Waals surface area contributed by atoms with Gasteiger partial charge in [0.25, 0.3) is 11.5 Å². The van der Waals surface area contributed by atoms with E-state index in [0.717, 1.165) is 39.1 Å². The van der Waals surface area contributed by atoms with E-state index in [4.69, 9.17) is 0 Å². The molecule has 0 fully saturated rings. The van der Waals surface area contributed by atoms with Crippen molar-refractivity contribution >= 4 is 33.9 Å². The topological polar surface area (TPSA) is 95.9 Å². The van der Waals surface area contributed by atoms with Crippen LogP contribution in [0.15, 0.2) is 72.0 Å². The third-order valence-corrected chi connectivity index (χ3v) is 6.41. The molecule has 1 aliphatic heterocycles. The zero-order valence-electron chi connectivity index (χ0n) is 19.5. The van der Waals surface area contributed by atoms with Crippen LogP contribution in [-0.2, 0) is 13.6 Å². The first-order valence-corrected chi connectivity index (χ1v) is 11.4. The number of nitrogens with one attached hydrogen (secondary N) is 2. The van der Waals surface area contributed by atoms with Crippen LogP contribution in [0.1, 0.15) is 21.7 Å². The van der Waals surface area contributed by atoms with Gasteiger partial charge < -0.3 is 19.8 Å². The first kappa shape index (κ1) is 21.7. The van der Waals surface area contributed by atoms with Crippen LogP contribution in [0.2, 0.25) is 0 Å². The van der Waals surface area contributed by atoms with Crippen molar-refractivity contribution in [3.05, 3.63) is 100 Å². The molecule has 0 atom stereocenters. The SMILES string of the molecule is Cc1cnc(C(=O)Nc2ccc3c(c2)-c2cn(C)c4c(=O)[nH]cc(c24)CN3c2ccc(F)cc2)cn1. The van der Waals surface area contributed by atoms with Crippen molar-refractivity contribution < 1.29 is 9.18 Å². The molecule has 0 bridgehead atoms.